The number of carbonyl (C=O) groups excluding carboxylic acids is 1. The minimum Gasteiger partial charge on any atom is -0.342 e. The molecule has 1 saturated carbocycles. The van der Waals surface area contributed by atoms with Gasteiger partial charge in [0.1, 0.15) is 0 Å². The summed E-state index contributed by atoms with van der Waals surface area (Å²) in [6.45, 7) is 6.17. The average molecular weight is 250 g/mol. The number of rotatable bonds is 1. The van der Waals surface area contributed by atoms with E-state index in [0.29, 0.717) is 11.8 Å². The zero-order valence-electron chi connectivity index (χ0n) is 11.5. The van der Waals surface area contributed by atoms with Gasteiger partial charge in [-0.3, -0.25) is 4.79 Å². The van der Waals surface area contributed by atoms with E-state index in [1.807, 2.05) is 0 Å². The van der Waals surface area contributed by atoms with Gasteiger partial charge in [0.2, 0.25) is 5.91 Å². The molecule has 1 amide bonds. The summed E-state index contributed by atoms with van der Waals surface area (Å²) in [5, 5.41) is 3.35. The van der Waals surface area contributed by atoms with Crippen LogP contribution < -0.4 is 5.32 Å². The van der Waals surface area contributed by atoms with E-state index in [4.69, 9.17) is 0 Å². The zero-order valence-corrected chi connectivity index (χ0v) is 11.5. The van der Waals surface area contributed by atoms with Crippen LogP contribution in [0.4, 0.5) is 0 Å². The van der Waals surface area contributed by atoms with Crippen LogP contribution in [0.25, 0.3) is 0 Å². The average Bonchev–Trinajstić information content (AvgIpc) is 2.83. The Hall–Kier alpha value is -0.570. The quantitative estimate of drug-likeness (QED) is 0.770. The maximum Gasteiger partial charge on any atom is 0.227 e. The summed E-state index contributed by atoms with van der Waals surface area (Å²) >= 11 is 0. The maximum absolute atomic E-state index is 12.6. The molecule has 3 nitrogen and oxygen atoms in total. The molecule has 0 aromatic rings. The molecule has 2 saturated heterocycles. The summed E-state index contributed by atoms with van der Waals surface area (Å²) in [5.41, 5.74) is 0. The second kappa shape index (κ2) is 5.20. The van der Waals surface area contributed by atoms with Crippen molar-refractivity contribution in [2.45, 2.75) is 39.0 Å². The second-order valence-corrected chi connectivity index (χ2v) is 6.62. The summed E-state index contributed by atoms with van der Waals surface area (Å²) in [6, 6.07) is 0. The zero-order chi connectivity index (χ0) is 12.5. The lowest BCUT2D eigenvalue weighted by Gasteiger charge is -2.42. The van der Waals surface area contributed by atoms with E-state index in [9.17, 15) is 4.79 Å². The molecule has 1 N–H and O–H groups in total. The van der Waals surface area contributed by atoms with Crippen molar-refractivity contribution in [3.05, 3.63) is 0 Å². The van der Waals surface area contributed by atoms with Gasteiger partial charge in [-0.05, 0) is 37.1 Å². The first kappa shape index (κ1) is 12.5. The molecule has 2 aliphatic heterocycles. The van der Waals surface area contributed by atoms with Crippen LogP contribution in [0, 0.1) is 23.7 Å². The minimum absolute atomic E-state index is 0.241. The Morgan fingerprint density at radius 2 is 1.89 bits per heavy atom. The molecule has 4 unspecified atom stereocenters. The Labute approximate surface area is 110 Å². The third-order valence-corrected chi connectivity index (χ3v) is 5.44. The Balaban J connectivity index is 1.61. The van der Waals surface area contributed by atoms with Gasteiger partial charge in [-0.2, -0.15) is 0 Å². The summed E-state index contributed by atoms with van der Waals surface area (Å²) in [4.78, 5) is 14.8. The van der Waals surface area contributed by atoms with E-state index in [-0.39, 0.29) is 5.92 Å². The van der Waals surface area contributed by atoms with Crippen LogP contribution in [-0.2, 0) is 4.79 Å². The SMILES string of the molecule is CC1CNCC1C(=O)N1CCC2CCCCC2C1. The van der Waals surface area contributed by atoms with E-state index in [0.717, 1.165) is 38.0 Å². The van der Waals surface area contributed by atoms with E-state index >= 15 is 0 Å². The Kier molecular flexibility index (Phi) is 3.60. The molecule has 0 bridgehead atoms. The minimum atomic E-state index is 0.241. The molecule has 0 spiro atoms. The van der Waals surface area contributed by atoms with E-state index in [1.54, 1.807) is 0 Å². The topological polar surface area (TPSA) is 32.3 Å². The van der Waals surface area contributed by atoms with Crippen molar-refractivity contribution in [3.8, 4) is 0 Å². The number of likely N-dealkylation sites (tertiary alicyclic amines) is 1. The molecule has 2 heterocycles. The Morgan fingerprint density at radius 1 is 1.11 bits per heavy atom. The summed E-state index contributed by atoms with van der Waals surface area (Å²) in [7, 11) is 0. The van der Waals surface area contributed by atoms with Crippen LogP contribution in [-0.4, -0.2) is 37.0 Å². The van der Waals surface area contributed by atoms with Gasteiger partial charge < -0.3 is 10.2 Å². The summed E-state index contributed by atoms with van der Waals surface area (Å²) < 4.78 is 0. The number of amides is 1. The van der Waals surface area contributed by atoms with Crippen molar-refractivity contribution in [1.82, 2.24) is 10.2 Å². The Bertz CT molecular complexity index is 318. The molecule has 3 aliphatic rings. The van der Waals surface area contributed by atoms with Gasteiger partial charge in [0.15, 0.2) is 0 Å². The van der Waals surface area contributed by atoms with Gasteiger partial charge in [0, 0.05) is 19.6 Å². The van der Waals surface area contributed by atoms with Crippen molar-refractivity contribution in [2.24, 2.45) is 23.7 Å². The van der Waals surface area contributed by atoms with Gasteiger partial charge in [0.05, 0.1) is 5.92 Å². The molecule has 3 fully saturated rings. The standard InChI is InChI=1S/C15H26N2O/c1-11-8-16-9-14(11)15(18)17-7-6-12-4-2-3-5-13(12)10-17/h11-14,16H,2-10H2,1H3. The van der Waals surface area contributed by atoms with Crippen molar-refractivity contribution in [1.29, 1.82) is 0 Å². The molecular formula is C15H26N2O. The second-order valence-electron chi connectivity index (χ2n) is 6.62. The third kappa shape index (κ3) is 2.29. The van der Waals surface area contributed by atoms with Gasteiger partial charge >= 0.3 is 0 Å². The van der Waals surface area contributed by atoms with Crippen LogP contribution in [0.15, 0.2) is 0 Å². The fraction of sp³-hybridized carbons (Fsp3) is 0.933. The summed E-state index contributed by atoms with van der Waals surface area (Å²) in [5.74, 6) is 2.91. The highest BCUT2D eigenvalue weighted by Gasteiger charge is 2.37. The first-order chi connectivity index (χ1) is 8.75. The van der Waals surface area contributed by atoms with Crippen molar-refractivity contribution in [2.75, 3.05) is 26.2 Å². The van der Waals surface area contributed by atoms with E-state index in [2.05, 4.69) is 17.1 Å². The number of hydrogen-bond acceptors (Lipinski definition) is 2. The molecule has 3 heteroatoms. The largest absolute Gasteiger partial charge is 0.342 e. The molecule has 18 heavy (non-hydrogen) atoms. The first-order valence-electron chi connectivity index (χ1n) is 7.75. The lowest BCUT2D eigenvalue weighted by atomic mass is 9.75. The van der Waals surface area contributed by atoms with Gasteiger partial charge in [0.25, 0.3) is 0 Å². The fourth-order valence-electron chi connectivity index (χ4n) is 4.18. The number of piperidine rings is 1. The number of fused-ring (bicyclic) bond motifs is 1. The predicted molar refractivity (Wildman–Crippen MR) is 72.2 cm³/mol. The van der Waals surface area contributed by atoms with Crippen LogP contribution >= 0.6 is 0 Å². The van der Waals surface area contributed by atoms with Crippen LogP contribution in [0.5, 0.6) is 0 Å². The smallest absolute Gasteiger partial charge is 0.227 e. The van der Waals surface area contributed by atoms with Gasteiger partial charge in [-0.15, -0.1) is 0 Å². The number of carbonyl (C=O) groups is 1. The lowest BCUT2D eigenvalue weighted by Crippen LogP contribution is -2.48. The normalized spacial score (nSPS) is 40.6. The fourth-order valence-corrected chi connectivity index (χ4v) is 4.18. The highest BCUT2D eigenvalue weighted by molar-refractivity contribution is 5.79. The number of nitrogens with zero attached hydrogens (tertiary/aromatic N) is 1. The number of hydrogen-bond donors (Lipinski definition) is 1. The molecule has 4 atom stereocenters. The molecule has 0 radical (unpaired) electrons. The lowest BCUT2D eigenvalue weighted by molar-refractivity contribution is -0.139. The molecular weight excluding hydrogens is 224 g/mol. The van der Waals surface area contributed by atoms with Crippen LogP contribution in [0.2, 0.25) is 0 Å². The van der Waals surface area contributed by atoms with E-state index in [1.165, 1.54) is 32.1 Å². The molecule has 0 aromatic heterocycles. The third-order valence-electron chi connectivity index (χ3n) is 5.44. The first-order valence-corrected chi connectivity index (χ1v) is 7.75. The van der Waals surface area contributed by atoms with E-state index < -0.39 is 0 Å². The number of nitrogens with one attached hydrogen (secondary N) is 1. The van der Waals surface area contributed by atoms with Crippen LogP contribution in [0.3, 0.4) is 0 Å². The van der Waals surface area contributed by atoms with Gasteiger partial charge in [-0.25, -0.2) is 0 Å². The predicted octanol–water partition coefficient (Wildman–Crippen LogP) is 1.88. The monoisotopic (exact) mass is 250 g/mol. The molecule has 0 aromatic carbocycles. The van der Waals surface area contributed by atoms with Crippen molar-refractivity contribution < 1.29 is 4.79 Å². The Morgan fingerprint density at radius 3 is 2.61 bits per heavy atom. The molecule has 1 aliphatic carbocycles. The summed E-state index contributed by atoms with van der Waals surface area (Å²) in [6.07, 6.45) is 6.81. The highest BCUT2D eigenvalue weighted by Crippen LogP contribution is 2.36. The van der Waals surface area contributed by atoms with Crippen molar-refractivity contribution >= 4 is 5.91 Å². The molecule has 102 valence electrons. The maximum atomic E-state index is 12.6. The highest BCUT2D eigenvalue weighted by atomic mass is 16.2. The van der Waals surface area contributed by atoms with Crippen LogP contribution in [0.1, 0.15) is 39.0 Å². The molecule has 3 rings (SSSR count). The van der Waals surface area contributed by atoms with Gasteiger partial charge in [-0.1, -0.05) is 26.2 Å². The van der Waals surface area contributed by atoms with Crippen molar-refractivity contribution in [3.63, 3.8) is 0 Å².